The van der Waals surface area contributed by atoms with Crippen LogP contribution in [0.4, 0.5) is 0 Å². The van der Waals surface area contributed by atoms with Gasteiger partial charge in [0, 0.05) is 22.8 Å². The van der Waals surface area contributed by atoms with E-state index in [0.717, 1.165) is 11.4 Å². The van der Waals surface area contributed by atoms with E-state index in [1.165, 1.54) is 0 Å². The van der Waals surface area contributed by atoms with Crippen molar-refractivity contribution < 1.29 is 4.74 Å². The third-order valence-electron chi connectivity index (χ3n) is 2.39. The molecule has 0 saturated carbocycles. The summed E-state index contributed by atoms with van der Waals surface area (Å²) in [5, 5.41) is 5.42. The first-order valence-electron chi connectivity index (χ1n) is 5.13. The Balaban J connectivity index is 2.07. The van der Waals surface area contributed by atoms with Crippen molar-refractivity contribution in [3.05, 3.63) is 45.7 Å². The molecule has 90 valence electrons. The van der Waals surface area contributed by atoms with Gasteiger partial charge in [-0.25, -0.2) is 0 Å². The van der Waals surface area contributed by atoms with Crippen LogP contribution in [0.3, 0.4) is 0 Å². The number of halogens is 2. The minimum absolute atomic E-state index is 0.401. The van der Waals surface area contributed by atoms with Crippen LogP contribution < -0.4 is 4.74 Å². The molecule has 0 atom stereocenters. The molecule has 2 aromatic rings. The Morgan fingerprint density at radius 3 is 2.35 bits per heavy atom. The number of rotatable bonds is 3. The quantitative estimate of drug-likeness (QED) is 0.852. The van der Waals surface area contributed by atoms with Crippen LogP contribution >= 0.6 is 23.2 Å². The molecule has 0 unspecified atom stereocenters. The lowest BCUT2D eigenvalue weighted by Crippen LogP contribution is -1.98. The Bertz CT molecular complexity index is 498. The number of ether oxygens (including phenoxy) is 1. The Hall–Kier alpha value is -1.19. The predicted octanol–water partition coefficient (Wildman–Crippen LogP) is 3.61. The number of benzene rings is 1. The van der Waals surface area contributed by atoms with Gasteiger partial charge in [0.15, 0.2) is 0 Å². The van der Waals surface area contributed by atoms with Crippen molar-refractivity contribution in [3.63, 3.8) is 0 Å². The van der Waals surface area contributed by atoms with Gasteiger partial charge in [-0.3, -0.25) is 4.68 Å². The summed E-state index contributed by atoms with van der Waals surface area (Å²) in [5.74, 6) is 0.644. The molecular weight excluding hydrogens is 259 g/mol. The zero-order valence-corrected chi connectivity index (χ0v) is 11.1. The Morgan fingerprint density at radius 2 is 1.82 bits per heavy atom. The van der Waals surface area contributed by atoms with Gasteiger partial charge >= 0.3 is 0 Å². The molecular formula is C12H12Cl2N2O. The summed E-state index contributed by atoms with van der Waals surface area (Å²) >= 11 is 11.8. The molecule has 0 aliphatic rings. The van der Waals surface area contributed by atoms with Crippen LogP contribution in [-0.2, 0) is 13.7 Å². The van der Waals surface area contributed by atoms with Gasteiger partial charge in [-0.2, -0.15) is 5.10 Å². The molecule has 0 N–H and O–H groups in total. The standard InChI is InChI=1S/C12H12Cl2N2O/c1-8-3-11(15-16(8)2)7-17-12-5-9(13)4-10(14)6-12/h3-6H,7H2,1-2H3. The van der Waals surface area contributed by atoms with E-state index in [1.54, 1.807) is 18.2 Å². The molecule has 17 heavy (non-hydrogen) atoms. The van der Waals surface area contributed by atoms with Crippen LogP contribution in [0.1, 0.15) is 11.4 Å². The van der Waals surface area contributed by atoms with Gasteiger partial charge in [0.1, 0.15) is 18.1 Å². The predicted molar refractivity (Wildman–Crippen MR) is 68.7 cm³/mol. The summed E-state index contributed by atoms with van der Waals surface area (Å²) in [6.07, 6.45) is 0. The fourth-order valence-electron chi connectivity index (χ4n) is 1.47. The lowest BCUT2D eigenvalue weighted by atomic mass is 10.3. The van der Waals surface area contributed by atoms with Crippen LogP contribution in [0.25, 0.3) is 0 Å². The zero-order chi connectivity index (χ0) is 12.4. The van der Waals surface area contributed by atoms with Crippen molar-refractivity contribution >= 4 is 23.2 Å². The average Bonchev–Trinajstić information content (AvgIpc) is 2.54. The van der Waals surface area contributed by atoms with E-state index < -0.39 is 0 Å². The average molecular weight is 271 g/mol. The van der Waals surface area contributed by atoms with Crippen molar-refractivity contribution in [1.82, 2.24) is 9.78 Å². The van der Waals surface area contributed by atoms with Crippen molar-refractivity contribution in [2.75, 3.05) is 0 Å². The topological polar surface area (TPSA) is 27.1 Å². The SMILES string of the molecule is Cc1cc(COc2cc(Cl)cc(Cl)c2)nn1C. The van der Waals surface area contributed by atoms with Gasteiger partial charge in [-0.1, -0.05) is 23.2 Å². The van der Waals surface area contributed by atoms with Crippen LogP contribution in [0.5, 0.6) is 5.75 Å². The third-order valence-corrected chi connectivity index (χ3v) is 2.82. The molecule has 0 aliphatic heterocycles. The number of aromatic nitrogens is 2. The van der Waals surface area contributed by atoms with Crippen molar-refractivity contribution in [1.29, 1.82) is 0 Å². The van der Waals surface area contributed by atoms with E-state index in [4.69, 9.17) is 27.9 Å². The van der Waals surface area contributed by atoms with Gasteiger partial charge < -0.3 is 4.74 Å². The Kier molecular flexibility index (Phi) is 3.60. The molecule has 1 heterocycles. The molecule has 0 radical (unpaired) electrons. The molecule has 0 amide bonds. The fraction of sp³-hybridized carbons (Fsp3) is 0.250. The highest BCUT2D eigenvalue weighted by Crippen LogP contribution is 2.24. The summed E-state index contributed by atoms with van der Waals surface area (Å²) in [6, 6.07) is 7.10. The van der Waals surface area contributed by atoms with Gasteiger partial charge in [-0.05, 0) is 31.2 Å². The molecule has 0 fully saturated rings. The maximum atomic E-state index is 5.88. The van der Waals surface area contributed by atoms with Crippen LogP contribution in [0.15, 0.2) is 24.3 Å². The van der Waals surface area contributed by atoms with Crippen LogP contribution in [0.2, 0.25) is 10.0 Å². The number of hydrogen-bond acceptors (Lipinski definition) is 2. The van der Waals surface area contributed by atoms with E-state index >= 15 is 0 Å². The number of nitrogens with zero attached hydrogens (tertiary/aromatic N) is 2. The lowest BCUT2D eigenvalue weighted by molar-refractivity contribution is 0.300. The summed E-state index contributed by atoms with van der Waals surface area (Å²) < 4.78 is 7.39. The van der Waals surface area contributed by atoms with Crippen molar-refractivity contribution in [2.45, 2.75) is 13.5 Å². The molecule has 1 aromatic carbocycles. The monoisotopic (exact) mass is 270 g/mol. The molecule has 2 rings (SSSR count). The second kappa shape index (κ2) is 4.98. The van der Waals surface area contributed by atoms with E-state index in [-0.39, 0.29) is 0 Å². The first kappa shape index (κ1) is 12.3. The molecule has 0 spiro atoms. The smallest absolute Gasteiger partial charge is 0.132 e. The van der Waals surface area contributed by atoms with Gasteiger partial charge in [0.25, 0.3) is 0 Å². The summed E-state index contributed by atoms with van der Waals surface area (Å²) in [4.78, 5) is 0. The Labute approximate surface area is 110 Å². The van der Waals surface area contributed by atoms with E-state index in [1.807, 2.05) is 24.7 Å². The highest BCUT2D eigenvalue weighted by atomic mass is 35.5. The number of hydrogen-bond donors (Lipinski definition) is 0. The number of aryl methyl sites for hydroxylation is 2. The molecule has 1 aromatic heterocycles. The second-order valence-electron chi connectivity index (χ2n) is 3.79. The maximum Gasteiger partial charge on any atom is 0.132 e. The zero-order valence-electron chi connectivity index (χ0n) is 9.58. The van der Waals surface area contributed by atoms with Crippen LogP contribution in [-0.4, -0.2) is 9.78 Å². The first-order chi connectivity index (χ1) is 8.04. The molecule has 3 nitrogen and oxygen atoms in total. The van der Waals surface area contributed by atoms with Gasteiger partial charge in [0.05, 0.1) is 0 Å². The van der Waals surface area contributed by atoms with E-state index in [9.17, 15) is 0 Å². The lowest BCUT2D eigenvalue weighted by Gasteiger charge is -2.05. The second-order valence-corrected chi connectivity index (χ2v) is 4.67. The molecule has 0 saturated heterocycles. The van der Waals surface area contributed by atoms with Gasteiger partial charge in [-0.15, -0.1) is 0 Å². The normalized spacial score (nSPS) is 10.6. The van der Waals surface area contributed by atoms with E-state index in [2.05, 4.69) is 5.10 Å². The molecule has 0 bridgehead atoms. The first-order valence-corrected chi connectivity index (χ1v) is 5.88. The highest BCUT2D eigenvalue weighted by Gasteiger charge is 2.03. The highest BCUT2D eigenvalue weighted by molar-refractivity contribution is 6.34. The minimum atomic E-state index is 0.401. The fourth-order valence-corrected chi connectivity index (χ4v) is 1.98. The third kappa shape index (κ3) is 3.14. The summed E-state index contributed by atoms with van der Waals surface area (Å²) in [6.45, 7) is 2.39. The maximum absolute atomic E-state index is 5.88. The van der Waals surface area contributed by atoms with Gasteiger partial charge in [0.2, 0.25) is 0 Å². The summed E-state index contributed by atoms with van der Waals surface area (Å²) in [7, 11) is 1.90. The minimum Gasteiger partial charge on any atom is -0.487 e. The van der Waals surface area contributed by atoms with Crippen molar-refractivity contribution in [3.8, 4) is 5.75 Å². The Morgan fingerprint density at radius 1 is 1.18 bits per heavy atom. The largest absolute Gasteiger partial charge is 0.487 e. The van der Waals surface area contributed by atoms with Crippen molar-refractivity contribution in [2.24, 2.45) is 7.05 Å². The molecule has 5 heteroatoms. The van der Waals surface area contributed by atoms with E-state index in [0.29, 0.717) is 22.4 Å². The molecule has 0 aliphatic carbocycles. The summed E-state index contributed by atoms with van der Waals surface area (Å²) in [5.41, 5.74) is 1.97. The van der Waals surface area contributed by atoms with Crippen LogP contribution in [0, 0.1) is 6.92 Å².